The van der Waals surface area contributed by atoms with Crippen molar-refractivity contribution in [1.29, 1.82) is 0 Å². The molecule has 3 heterocycles. The molecule has 2 aliphatic carbocycles. The van der Waals surface area contributed by atoms with Gasteiger partial charge in [0.2, 0.25) is 5.91 Å². The summed E-state index contributed by atoms with van der Waals surface area (Å²) in [5.41, 5.74) is 3.47. The molecule has 1 aromatic rings. The van der Waals surface area contributed by atoms with Crippen LogP contribution >= 0.6 is 0 Å². The van der Waals surface area contributed by atoms with Gasteiger partial charge in [-0.1, -0.05) is 0 Å². The molecule has 5 rings (SSSR count). The molecule has 32 heavy (non-hydrogen) atoms. The van der Waals surface area contributed by atoms with E-state index >= 15 is 0 Å². The number of piperidine rings is 1. The van der Waals surface area contributed by atoms with Gasteiger partial charge in [0.05, 0.1) is 18.6 Å². The van der Waals surface area contributed by atoms with Crippen LogP contribution in [0.3, 0.4) is 0 Å². The average molecular weight is 442 g/mol. The van der Waals surface area contributed by atoms with Gasteiger partial charge in [0.15, 0.2) is 0 Å². The molecule has 4 aliphatic rings. The van der Waals surface area contributed by atoms with E-state index in [1.54, 1.807) is 0 Å². The number of carbonyl (C=O) groups is 1. The first-order valence-electron chi connectivity index (χ1n) is 12.8. The second kappa shape index (κ2) is 9.74. The van der Waals surface area contributed by atoms with E-state index in [0.29, 0.717) is 24.9 Å². The quantitative estimate of drug-likeness (QED) is 0.726. The molecular formula is C25H39N5O2. The second-order valence-electron chi connectivity index (χ2n) is 10.3. The number of nitrogens with one attached hydrogen (secondary N) is 2. The second-order valence-corrected chi connectivity index (χ2v) is 10.3. The molecule has 0 radical (unpaired) electrons. The minimum atomic E-state index is -0.256. The molecule has 3 atom stereocenters. The van der Waals surface area contributed by atoms with E-state index in [-0.39, 0.29) is 11.3 Å². The number of fused-ring (bicyclic) bond motifs is 2. The van der Waals surface area contributed by atoms with Gasteiger partial charge in [0.25, 0.3) is 0 Å². The van der Waals surface area contributed by atoms with Gasteiger partial charge < -0.3 is 15.4 Å². The van der Waals surface area contributed by atoms with Gasteiger partial charge in [-0.05, 0) is 76.3 Å². The zero-order valence-electron chi connectivity index (χ0n) is 19.6. The number of aryl methyl sites for hydroxylation is 2. The molecule has 2 aliphatic heterocycles. The molecule has 0 aromatic carbocycles. The minimum Gasteiger partial charge on any atom is -0.379 e. The van der Waals surface area contributed by atoms with Crippen LogP contribution in [0.15, 0.2) is 0 Å². The lowest BCUT2D eigenvalue weighted by Gasteiger charge is -2.50. The van der Waals surface area contributed by atoms with Gasteiger partial charge in [-0.3, -0.25) is 9.69 Å². The van der Waals surface area contributed by atoms with Gasteiger partial charge in [-0.25, -0.2) is 9.97 Å². The summed E-state index contributed by atoms with van der Waals surface area (Å²) >= 11 is 0. The Kier molecular flexibility index (Phi) is 6.76. The molecule has 7 nitrogen and oxygen atoms in total. The number of carbonyl (C=O) groups excluding carboxylic acids is 1. The van der Waals surface area contributed by atoms with E-state index in [0.717, 1.165) is 89.4 Å². The third-order valence-corrected chi connectivity index (χ3v) is 8.46. The summed E-state index contributed by atoms with van der Waals surface area (Å²) < 4.78 is 5.55. The van der Waals surface area contributed by atoms with Crippen molar-refractivity contribution in [2.75, 3.05) is 45.9 Å². The zero-order chi connectivity index (χ0) is 22.0. The maximum Gasteiger partial charge on any atom is 0.227 e. The van der Waals surface area contributed by atoms with Crippen molar-refractivity contribution in [2.24, 2.45) is 11.3 Å². The normalized spacial score (nSPS) is 30.9. The number of nitrogens with zero attached hydrogens (tertiary/aromatic N) is 3. The molecule has 1 aromatic heterocycles. The van der Waals surface area contributed by atoms with Crippen LogP contribution in [0.5, 0.6) is 0 Å². The van der Waals surface area contributed by atoms with E-state index in [1.165, 1.54) is 24.1 Å². The maximum absolute atomic E-state index is 13.5. The van der Waals surface area contributed by atoms with Crippen LogP contribution < -0.4 is 10.6 Å². The lowest BCUT2D eigenvalue weighted by molar-refractivity contribution is -0.140. The van der Waals surface area contributed by atoms with Crippen LogP contribution in [-0.4, -0.2) is 72.8 Å². The number of ether oxygens (including phenoxy) is 1. The summed E-state index contributed by atoms with van der Waals surface area (Å²) in [5, 5.41) is 6.82. The van der Waals surface area contributed by atoms with Crippen molar-refractivity contribution >= 4 is 5.91 Å². The smallest absolute Gasteiger partial charge is 0.227 e. The molecule has 0 spiro atoms. The van der Waals surface area contributed by atoms with Crippen LogP contribution in [0.1, 0.15) is 61.3 Å². The third kappa shape index (κ3) is 4.44. The summed E-state index contributed by atoms with van der Waals surface area (Å²) in [4.78, 5) is 25.7. The van der Waals surface area contributed by atoms with Gasteiger partial charge in [0.1, 0.15) is 5.82 Å². The van der Waals surface area contributed by atoms with Crippen LogP contribution in [-0.2, 0) is 28.8 Å². The Labute approximate surface area is 192 Å². The summed E-state index contributed by atoms with van der Waals surface area (Å²) in [5.74, 6) is 1.59. The lowest BCUT2D eigenvalue weighted by atomic mass is 9.61. The predicted octanol–water partition coefficient (Wildman–Crippen LogP) is 1.80. The zero-order valence-corrected chi connectivity index (χ0v) is 19.6. The SMILES string of the molecule is Cc1nc(CCNC(=O)[C@@]23CC[C@H](N4CCOCC4)C[C@H]2CCNC3)nc2c1CCCC2. The third-order valence-electron chi connectivity index (χ3n) is 8.46. The highest BCUT2D eigenvalue weighted by molar-refractivity contribution is 5.83. The summed E-state index contributed by atoms with van der Waals surface area (Å²) in [6.07, 6.45) is 9.69. The van der Waals surface area contributed by atoms with Crippen molar-refractivity contribution in [3.8, 4) is 0 Å². The molecule has 176 valence electrons. The Morgan fingerprint density at radius 1 is 1.22 bits per heavy atom. The van der Waals surface area contributed by atoms with Gasteiger partial charge in [-0.15, -0.1) is 0 Å². The average Bonchev–Trinajstić information content (AvgIpc) is 2.84. The number of aromatic nitrogens is 2. The number of morpholine rings is 1. The summed E-state index contributed by atoms with van der Waals surface area (Å²) in [7, 11) is 0. The first-order valence-corrected chi connectivity index (χ1v) is 12.8. The van der Waals surface area contributed by atoms with E-state index in [9.17, 15) is 4.79 Å². The van der Waals surface area contributed by atoms with Crippen molar-refractivity contribution in [3.63, 3.8) is 0 Å². The van der Waals surface area contributed by atoms with Crippen molar-refractivity contribution in [1.82, 2.24) is 25.5 Å². The standard InChI is InChI=1S/C25H39N5O2/c1-18-21-4-2-3-5-22(21)29-23(28-18)8-11-27-24(31)25-9-6-20(30-12-14-32-15-13-30)16-19(25)7-10-26-17-25/h19-20,26H,2-17H2,1H3,(H,27,31)/t19-,20+,25-/m1/s1. The maximum atomic E-state index is 13.5. The number of hydrogen-bond donors (Lipinski definition) is 2. The monoisotopic (exact) mass is 441 g/mol. The molecule has 2 saturated heterocycles. The Hall–Kier alpha value is -1.57. The van der Waals surface area contributed by atoms with Crippen LogP contribution in [0.4, 0.5) is 0 Å². The fourth-order valence-corrected chi connectivity index (χ4v) is 6.59. The highest BCUT2D eigenvalue weighted by Gasteiger charge is 2.50. The fraction of sp³-hybridized carbons (Fsp3) is 0.800. The molecule has 2 N–H and O–H groups in total. The number of rotatable bonds is 5. The molecule has 0 unspecified atom stereocenters. The van der Waals surface area contributed by atoms with E-state index in [4.69, 9.17) is 14.7 Å². The van der Waals surface area contributed by atoms with Crippen LogP contribution in [0, 0.1) is 18.3 Å². The Morgan fingerprint density at radius 3 is 2.94 bits per heavy atom. The van der Waals surface area contributed by atoms with E-state index in [1.807, 2.05) is 0 Å². The Balaban J connectivity index is 1.20. The fourth-order valence-electron chi connectivity index (χ4n) is 6.59. The highest BCUT2D eigenvalue weighted by Crippen LogP contribution is 2.46. The van der Waals surface area contributed by atoms with Gasteiger partial charge in [-0.2, -0.15) is 0 Å². The molecule has 1 amide bonds. The summed E-state index contributed by atoms with van der Waals surface area (Å²) in [6, 6.07) is 0.606. The van der Waals surface area contributed by atoms with E-state index in [2.05, 4.69) is 22.5 Å². The van der Waals surface area contributed by atoms with Gasteiger partial charge in [0, 0.05) is 50.0 Å². The van der Waals surface area contributed by atoms with Crippen molar-refractivity contribution < 1.29 is 9.53 Å². The topological polar surface area (TPSA) is 79.4 Å². The highest BCUT2D eigenvalue weighted by atomic mass is 16.5. The van der Waals surface area contributed by atoms with Crippen LogP contribution in [0.2, 0.25) is 0 Å². The molecule has 0 bridgehead atoms. The summed E-state index contributed by atoms with van der Waals surface area (Å²) in [6.45, 7) is 8.34. The minimum absolute atomic E-state index is 0.241. The van der Waals surface area contributed by atoms with Crippen molar-refractivity contribution in [2.45, 2.75) is 70.8 Å². The van der Waals surface area contributed by atoms with Crippen molar-refractivity contribution in [3.05, 3.63) is 22.8 Å². The Bertz CT molecular complexity index is 825. The number of amides is 1. The molecule has 7 heteroatoms. The van der Waals surface area contributed by atoms with Crippen LogP contribution in [0.25, 0.3) is 0 Å². The number of hydrogen-bond acceptors (Lipinski definition) is 6. The lowest BCUT2D eigenvalue weighted by Crippen LogP contribution is -2.60. The first kappa shape index (κ1) is 22.2. The first-order chi connectivity index (χ1) is 15.7. The van der Waals surface area contributed by atoms with E-state index < -0.39 is 0 Å². The Morgan fingerprint density at radius 2 is 2.06 bits per heavy atom. The molecule has 3 fully saturated rings. The molecule has 1 saturated carbocycles. The largest absolute Gasteiger partial charge is 0.379 e. The molecular weight excluding hydrogens is 402 g/mol. The van der Waals surface area contributed by atoms with Gasteiger partial charge >= 0.3 is 0 Å². The predicted molar refractivity (Wildman–Crippen MR) is 124 cm³/mol.